The van der Waals surface area contributed by atoms with E-state index in [1.807, 2.05) is 0 Å². The number of hydrogen-bond acceptors (Lipinski definition) is 8. The van der Waals surface area contributed by atoms with Crippen LogP contribution in [0.25, 0.3) is 0 Å². The maximum Gasteiger partial charge on any atom is 0.326 e. The molecule has 0 radical (unpaired) electrons. The molecule has 0 saturated heterocycles. The molecule has 0 unspecified atom stereocenters. The number of nitro groups is 2. The lowest BCUT2D eigenvalue weighted by molar-refractivity contribution is -0.393. The number of hydrogen-bond donors (Lipinski definition) is 4. The van der Waals surface area contributed by atoms with Gasteiger partial charge in [0.2, 0.25) is 0 Å². The summed E-state index contributed by atoms with van der Waals surface area (Å²) in [6.07, 6.45) is 5.90. The normalized spacial score (nSPS) is 14.8. The van der Waals surface area contributed by atoms with E-state index in [-0.39, 0.29) is 12.1 Å². The molecule has 1 aromatic rings. The highest BCUT2D eigenvalue weighted by atomic mass is 16.6. The Labute approximate surface area is 166 Å². The first-order valence-corrected chi connectivity index (χ1v) is 9.01. The Morgan fingerprint density at radius 2 is 1.76 bits per heavy atom. The van der Waals surface area contributed by atoms with Gasteiger partial charge in [-0.25, -0.2) is 4.79 Å². The lowest BCUT2D eigenvalue weighted by atomic mass is 9.97. The summed E-state index contributed by atoms with van der Waals surface area (Å²) in [6.45, 7) is 0. The summed E-state index contributed by atoms with van der Waals surface area (Å²) in [5.74, 6) is -2.61. The number of carboxylic acids is 2. The van der Waals surface area contributed by atoms with Gasteiger partial charge in [0.25, 0.3) is 11.4 Å². The highest BCUT2D eigenvalue weighted by molar-refractivity contribution is 5.80. The Hall–Kier alpha value is -3.28. The molecule has 0 aromatic heterocycles. The number of nitrogens with zero attached hydrogens (tertiary/aromatic N) is 2. The molecule has 2 rings (SSSR count). The zero-order valence-electron chi connectivity index (χ0n) is 15.7. The predicted molar refractivity (Wildman–Crippen MR) is 103 cm³/mol. The molecule has 0 bridgehead atoms. The van der Waals surface area contributed by atoms with E-state index in [1.165, 1.54) is 32.1 Å². The Balaban J connectivity index is 0.000000502. The fourth-order valence-corrected chi connectivity index (χ4v) is 2.75. The monoisotopic (exact) mass is 412 g/mol. The summed E-state index contributed by atoms with van der Waals surface area (Å²) in [7, 11) is 0. The first-order valence-electron chi connectivity index (χ1n) is 9.01. The van der Waals surface area contributed by atoms with Gasteiger partial charge in [0.05, 0.1) is 15.9 Å². The van der Waals surface area contributed by atoms with Gasteiger partial charge >= 0.3 is 11.9 Å². The van der Waals surface area contributed by atoms with Crippen LogP contribution in [0, 0.1) is 20.2 Å². The van der Waals surface area contributed by atoms with Crippen molar-refractivity contribution in [1.29, 1.82) is 0 Å². The summed E-state index contributed by atoms with van der Waals surface area (Å²) in [5, 5.41) is 41.4. The largest absolute Gasteiger partial charge is 0.481 e. The van der Waals surface area contributed by atoms with E-state index in [0.717, 1.165) is 12.1 Å². The number of benzene rings is 1. The number of anilines is 1. The molecular weight excluding hydrogens is 388 g/mol. The van der Waals surface area contributed by atoms with Crippen LogP contribution in [0.4, 0.5) is 17.1 Å². The fraction of sp³-hybridized carbons (Fsp3) is 0.529. The molecule has 1 aliphatic carbocycles. The van der Waals surface area contributed by atoms with Crippen LogP contribution in [0.3, 0.4) is 0 Å². The van der Waals surface area contributed by atoms with E-state index < -0.39 is 45.6 Å². The smallest absolute Gasteiger partial charge is 0.326 e. The molecule has 0 amide bonds. The van der Waals surface area contributed by atoms with Gasteiger partial charge in [-0.2, -0.15) is 0 Å². The number of nitro benzene ring substituents is 2. The quantitative estimate of drug-likeness (QED) is 0.363. The first kappa shape index (κ1) is 23.8. The molecule has 1 aliphatic rings. The van der Waals surface area contributed by atoms with E-state index in [0.29, 0.717) is 12.1 Å². The van der Waals surface area contributed by atoms with Crippen molar-refractivity contribution in [3.05, 3.63) is 38.4 Å². The van der Waals surface area contributed by atoms with Gasteiger partial charge in [-0.05, 0) is 25.3 Å². The molecular formula is C17H24N4O8. The van der Waals surface area contributed by atoms with Crippen molar-refractivity contribution in [1.82, 2.24) is 0 Å². The molecule has 1 atom stereocenters. The fourth-order valence-electron chi connectivity index (χ4n) is 2.75. The molecule has 160 valence electrons. The molecule has 0 aliphatic heterocycles. The molecule has 29 heavy (non-hydrogen) atoms. The topological polar surface area (TPSA) is 199 Å². The van der Waals surface area contributed by atoms with E-state index >= 15 is 0 Å². The van der Waals surface area contributed by atoms with E-state index in [4.69, 9.17) is 15.9 Å². The molecule has 1 saturated carbocycles. The third-order valence-electron chi connectivity index (χ3n) is 4.31. The van der Waals surface area contributed by atoms with Crippen molar-refractivity contribution in [2.45, 2.75) is 57.0 Å². The second-order valence-electron chi connectivity index (χ2n) is 6.58. The first-order chi connectivity index (χ1) is 13.6. The van der Waals surface area contributed by atoms with Crippen molar-refractivity contribution >= 4 is 29.0 Å². The number of non-ortho nitro benzene ring substituents is 1. The lowest BCUT2D eigenvalue weighted by Crippen LogP contribution is -2.30. The van der Waals surface area contributed by atoms with Gasteiger partial charge in [-0.3, -0.25) is 25.0 Å². The molecule has 12 nitrogen and oxygen atoms in total. The Morgan fingerprint density at radius 3 is 2.17 bits per heavy atom. The predicted octanol–water partition coefficient (Wildman–Crippen LogP) is 2.51. The third-order valence-corrected chi connectivity index (χ3v) is 4.31. The second-order valence-corrected chi connectivity index (χ2v) is 6.58. The lowest BCUT2D eigenvalue weighted by Gasteiger charge is -2.15. The molecule has 12 heteroatoms. The molecule has 5 N–H and O–H groups in total. The molecule has 0 heterocycles. The average Bonchev–Trinajstić information content (AvgIpc) is 2.65. The van der Waals surface area contributed by atoms with Gasteiger partial charge in [0, 0.05) is 18.5 Å². The van der Waals surface area contributed by atoms with Crippen molar-refractivity contribution in [2.75, 3.05) is 5.32 Å². The van der Waals surface area contributed by atoms with Gasteiger partial charge in [-0.15, -0.1) is 0 Å². The van der Waals surface area contributed by atoms with Crippen LogP contribution in [0.15, 0.2) is 18.2 Å². The van der Waals surface area contributed by atoms with Gasteiger partial charge in [-0.1, -0.05) is 19.3 Å². The summed E-state index contributed by atoms with van der Waals surface area (Å²) < 4.78 is 0. The summed E-state index contributed by atoms with van der Waals surface area (Å²) in [4.78, 5) is 41.3. The van der Waals surface area contributed by atoms with Crippen LogP contribution < -0.4 is 11.1 Å². The van der Waals surface area contributed by atoms with Gasteiger partial charge in [0.1, 0.15) is 11.7 Å². The minimum atomic E-state index is -1.39. The van der Waals surface area contributed by atoms with Crippen LogP contribution in [-0.2, 0) is 9.59 Å². The van der Waals surface area contributed by atoms with E-state index in [2.05, 4.69) is 5.32 Å². The number of nitrogens with one attached hydrogen (secondary N) is 1. The minimum Gasteiger partial charge on any atom is -0.481 e. The number of carboxylic acid groups (broad SMARTS) is 2. The van der Waals surface area contributed by atoms with Gasteiger partial charge < -0.3 is 21.3 Å². The summed E-state index contributed by atoms with van der Waals surface area (Å²) in [6, 6.07) is 1.83. The van der Waals surface area contributed by atoms with Crippen LogP contribution in [0.1, 0.15) is 44.9 Å². The number of rotatable bonds is 8. The van der Waals surface area contributed by atoms with Crippen LogP contribution >= 0.6 is 0 Å². The van der Waals surface area contributed by atoms with E-state index in [9.17, 15) is 29.8 Å². The summed E-state index contributed by atoms with van der Waals surface area (Å²) in [5.41, 5.74) is 4.20. The molecule has 0 spiro atoms. The van der Waals surface area contributed by atoms with E-state index in [1.54, 1.807) is 0 Å². The highest BCUT2D eigenvalue weighted by Gasteiger charge is 2.25. The number of carbonyl (C=O) groups is 2. The van der Waals surface area contributed by atoms with Crippen LogP contribution in [0.5, 0.6) is 0 Å². The Kier molecular flexibility index (Phi) is 9.45. The number of nitrogens with two attached hydrogens (primary N) is 1. The number of aliphatic carboxylic acids is 2. The van der Waals surface area contributed by atoms with Crippen molar-refractivity contribution in [2.24, 2.45) is 5.73 Å². The average molecular weight is 412 g/mol. The molecule has 1 aromatic carbocycles. The van der Waals surface area contributed by atoms with Crippen molar-refractivity contribution in [3.63, 3.8) is 0 Å². The minimum absolute atomic E-state index is 0.242. The third kappa shape index (κ3) is 8.51. The Bertz CT molecular complexity index is 749. The van der Waals surface area contributed by atoms with Gasteiger partial charge in [0.15, 0.2) is 0 Å². The summed E-state index contributed by atoms with van der Waals surface area (Å²) >= 11 is 0. The highest BCUT2D eigenvalue weighted by Crippen LogP contribution is 2.29. The van der Waals surface area contributed by atoms with Crippen LogP contribution in [-0.4, -0.2) is 44.1 Å². The van der Waals surface area contributed by atoms with Crippen LogP contribution in [0.2, 0.25) is 0 Å². The molecule has 1 fully saturated rings. The zero-order chi connectivity index (χ0) is 22.0. The second kappa shape index (κ2) is 11.5. The maximum absolute atomic E-state index is 11.0. The zero-order valence-corrected chi connectivity index (χ0v) is 15.7. The SMILES string of the molecule is NC1CCCCC1.O=C(O)CC[C@H](Nc1ccc([N+](=O)[O-])cc1[N+](=O)[O-])C(=O)O. The standard InChI is InChI=1S/C11H11N3O8.C6H13N/c15-10(16)4-3-8(11(17)18)12-7-2-1-6(13(19)20)5-9(7)14(21)22;7-6-4-2-1-3-5-6/h1-2,5,8,12H,3-4H2,(H,15,16)(H,17,18);6H,1-5,7H2/t8-;/m0./s1. The maximum atomic E-state index is 11.0. The van der Waals surface area contributed by atoms with Crippen molar-refractivity contribution < 1.29 is 29.6 Å². The van der Waals surface area contributed by atoms with Crippen molar-refractivity contribution in [3.8, 4) is 0 Å². The Morgan fingerprint density at radius 1 is 1.14 bits per heavy atom.